The molecule has 0 rings (SSSR count). The Morgan fingerprint density at radius 2 is 0.769 bits per heavy atom. The summed E-state index contributed by atoms with van der Waals surface area (Å²) < 4.78 is 5.48. The van der Waals surface area contributed by atoms with Crippen LogP contribution in [0.2, 0.25) is 0 Å². The van der Waals surface area contributed by atoms with Crippen molar-refractivity contribution in [1.82, 2.24) is 5.32 Å². The van der Waals surface area contributed by atoms with Crippen molar-refractivity contribution in [2.24, 2.45) is 0 Å². The molecule has 0 aliphatic heterocycles. The maximum atomic E-state index is 12.4. The van der Waals surface area contributed by atoms with Gasteiger partial charge in [0.1, 0.15) is 0 Å². The van der Waals surface area contributed by atoms with E-state index in [1.165, 1.54) is 225 Å². The molecule has 382 valence electrons. The lowest BCUT2D eigenvalue weighted by molar-refractivity contribution is -0.143. The molecule has 0 aromatic carbocycles. The van der Waals surface area contributed by atoms with Crippen LogP contribution in [0, 0.1) is 0 Å². The molecule has 6 heteroatoms. The maximum absolute atomic E-state index is 12.4. The summed E-state index contributed by atoms with van der Waals surface area (Å²) in [6, 6.07) is -0.629. The van der Waals surface area contributed by atoms with Crippen molar-refractivity contribution in [3.05, 3.63) is 36.5 Å². The van der Waals surface area contributed by atoms with Crippen LogP contribution in [-0.4, -0.2) is 47.4 Å². The fourth-order valence-electron chi connectivity index (χ4n) is 8.72. The smallest absolute Gasteiger partial charge is 0.305 e. The summed E-state index contributed by atoms with van der Waals surface area (Å²) in [5, 5.41) is 23.0. The van der Waals surface area contributed by atoms with Gasteiger partial charge in [0.15, 0.2) is 0 Å². The van der Waals surface area contributed by atoms with E-state index in [-0.39, 0.29) is 18.5 Å². The van der Waals surface area contributed by atoms with Gasteiger partial charge in [-0.15, -0.1) is 0 Å². The lowest BCUT2D eigenvalue weighted by Crippen LogP contribution is -2.45. The fraction of sp³-hybridized carbons (Fsp3) is 0.864. The molecule has 0 fully saturated rings. The topological polar surface area (TPSA) is 95.9 Å². The third kappa shape index (κ3) is 51.3. The molecule has 6 nitrogen and oxygen atoms in total. The summed E-state index contributed by atoms with van der Waals surface area (Å²) in [5.41, 5.74) is 0. The van der Waals surface area contributed by atoms with Gasteiger partial charge >= 0.3 is 5.97 Å². The lowest BCUT2D eigenvalue weighted by atomic mass is 10.0. The highest BCUT2D eigenvalue weighted by Gasteiger charge is 2.18. The predicted molar refractivity (Wildman–Crippen MR) is 283 cm³/mol. The normalized spacial score (nSPS) is 12.9. The van der Waals surface area contributed by atoms with Gasteiger partial charge in [0, 0.05) is 12.8 Å². The zero-order valence-corrected chi connectivity index (χ0v) is 43.5. The van der Waals surface area contributed by atoms with Crippen molar-refractivity contribution < 1.29 is 24.5 Å². The molecule has 65 heavy (non-hydrogen) atoms. The molecule has 2 atom stereocenters. The Balaban J connectivity index is 3.41. The summed E-state index contributed by atoms with van der Waals surface area (Å²) in [4.78, 5) is 24.5. The first kappa shape index (κ1) is 63.1. The molecule has 1 amide bonds. The molecule has 0 spiro atoms. The number of amides is 1. The van der Waals surface area contributed by atoms with Gasteiger partial charge in [-0.1, -0.05) is 262 Å². The summed E-state index contributed by atoms with van der Waals surface area (Å²) in [5.74, 6) is -0.0715. The van der Waals surface area contributed by atoms with Crippen LogP contribution in [0.4, 0.5) is 0 Å². The molecule has 0 saturated heterocycles. The number of rotatable bonds is 53. The molecule has 0 radical (unpaired) electrons. The number of unbranched alkanes of at least 4 members (excludes halogenated alkanes) is 38. The highest BCUT2D eigenvalue weighted by molar-refractivity contribution is 5.76. The number of hydrogen-bond acceptors (Lipinski definition) is 5. The predicted octanol–water partition coefficient (Wildman–Crippen LogP) is 17.6. The number of ether oxygens (including phenoxy) is 1. The Kier molecular flexibility index (Phi) is 53.1. The van der Waals surface area contributed by atoms with E-state index in [2.05, 4.69) is 43.5 Å². The summed E-state index contributed by atoms with van der Waals surface area (Å²) in [7, 11) is 0. The monoisotopic (exact) mass is 914 g/mol. The molecule has 0 heterocycles. The molecule has 0 aliphatic rings. The van der Waals surface area contributed by atoms with E-state index in [9.17, 15) is 19.8 Å². The molecular weight excluding hydrogens is 803 g/mol. The number of aliphatic hydroxyl groups excluding tert-OH is 2. The quantitative estimate of drug-likeness (QED) is 0.0321. The van der Waals surface area contributed by atoms with Crippen molar-refractivity contribution in [2.45, 2.75) is 315 Å². The van der Waals surface area contributed by atoms with Gasteiger partial charge in [0.25, 0.3) is 0 Å². The number of hydrogen-bond donors (Lipinski definition) is 3. The van der Waals surface area contributed by atoms with Crippen LogP contribution in [0.5, 0.6) is 0 Å². The van der Waals surface area contributed by atoms with Crippen LogP contribution in [0.1, 0.15) is 303 Å². The van der Waals surface area contributed by atoms with E-state index in [0.29, 0.717) is 19.4 Å². The first-order valence-electron chi connectivity index (χ1n) is 28.8. The van der Waals surface area contributed by atoms with Crippen molar-refractivity contribution in [3.8, 4) is 0 Å². The fourth-order valence-corrected chi connectivity index (χ4v) is 8.72. The van der Waals surface area contributed by atoms with Crippen LogP contribution in [0.3, 0.4) is 0 Å². The molecule has 0 aliphatic carbocycles. The first-order valence-corrected chi connectivity index (χ1v) is 28.8. The zero-order chi connectivity index (χ0) is 47.2. The second-order valence-electron chi connectivity index (χ2n) is 19.6. The van der Waals surface area contributed by atoms with Crippen LogP contribution >= 0.6 is 0 Å². The minimum absolute atomic E-state index is 0.000236. The average molecular weight is 915 g/mol. The number of esters is 1. The van der Waals surface area contributed by atoms with Crippen molar-refractivity contribution in [2.75, 3.05) is 13.2 Å². The minimum Gasteiger partial charge on any atom is -0.466 e. The molecule has 2 unspecified atom stereocenters. The molecular formula is C59H111NO5. The number of carbonyl (C=O) groups excluding carboxylic acids is 2. The highest BCUT2D eigenvalue weighted by Crippen LogP contribution is 2.17. The second kappa shape index (κ2) is 54.7. The number of allylic oxidation sites excluding steroid dienone is 5. The molecule has 3 N–H and O–H groups in total. The third-order valence-electron chi connectivity index (χ3n) is 13.2. The Bertz CT molecular complexity index is 1060. The Morgan fingerprint density at radius 1 is 0.431 bits per heavy atom. The summed E-state index contributed by atoms with van der Waals surface area (Å²) >= 11 is 0. The third-order valence-corrected chi connectivity index (χ3v) is 13.2. The zero-order valence-electron chi connectivity index (χ0n) is 43.5. The van der Waals surface area contributed by atoms with Gasteiger partial charge in [0.2, 0.25) is 5.91 Å². The van der Waals surface area contributed by atoms with E-state index >= 15 is 0 Å². The molecule has 0 aromatic rings. The van der Waals surface area contributed by atoms with Gasteiger partial charge in [-0.3, -0.25) is 9.59 Å². The average Bonchev–Trinajstić information content (AvgIpc) is 3.31. The van der Waals surface area contributed by atoms with Gasteiger partial charge < -0.3 is 20.3 Å². The van der Waals surface area contributed by atoms with Crippen LogP contribution < -0.4 is 5.32 Å². The molecule has 0 bridgehead atoms. The summed E-state index contributed by atoms with van der Waals surface area (Å²) in [6.45, 7) is 4.86. The standard InChI is InChI=1S/C59H111NO5/c1-3-5-7-9-11-13-15-17-18-22-26-29-33-37-41-45-49-53-59(64)65-54-50-46-42-38-34-30-27-24-21-19-20-23-25-28-32-36-40-44-48-52-58(63)60-56(55-61)57(62)51-47-43-39-35-31-16-14-12-10-8-6-4-2/h11,13,17-18,47,51,56-57,61-62H,3-10,12,14-16,19-46,48-50,52-55H2,1-2H3,(H,60,63)/b13-11-,18-17-,51-47+. The van der Waals surface area contributed by atoms with Crippen molar-refractivity contribution >= 4 is 11.9 Å². The van der Waals surface area contributed by atoms with E-state index < -0.39 is 12.1 Å². The molecule has 0 aromatic heterocycles. The number of nitrogens with one attached hydrogen (secondary N) is 1. The number of aliphatic hydroxyl groups is 2. The van der Waals surface area contributed by atoms with Gasteiger partial charge in [-0.05, 0) is 64.2 Å². The van der Waals surface area contributed by atoms with E-state index in [4.69, 9.17) is 4.74 Å². The van der Waals surface area contributed by atoms with E-state index in [1.54, 1.807) is 6.08 Å². The van der Waals surface area contributed by atoms with Gasteiger partial charge in [-0.2, -0.15) is 0 Å². The maximum Gasteiger partial charge on any atom is 0.305 e. The van der Waals surface area contributed by atoms with Crippen LogP contribution in [0.25, 0.3) is 0 Å². The Labute approximate surface area is 404 Å². The second-order valence-corrected chi connectivity index (χ2v) is 19.6. The van der Waals surface area contributed by atoms with Gasteiger partial charge in [0.05, 0.1) is 25.4 Å². The largest absolute Gasteiger partial charge is 0.466 e. The minimum atomic E-state index is -0.845. The molecule has 0 saturated carbocycles. The van der Waals surface area contributed by atoms with Crippen LogP contribution in [-0.2, 0) is 14.3 Å². The van der Waals surface area contributed by atoms with Crippen molar-refractivity contribution in [3.63, 3.8) is 0 Å². The highest BCUT2D eigenvalue weighted by atomic mass is 16.5. The lowest BCUT2D eigenvalue weighted by Gasteiger charge is -2.20. The number of carbonyl (C=O) groups is 2. The van der Waals surface area contributed by atoms with Crippen molar-refractivity contribution in [1.29, 1.82) is 0 Å². The first-order chi connectivity index (χ1) is 32.0. The van der Waals surface area contributed by atoms with E-state index in [0.717, 1.165) is 51.4 Å². The Morgan fingerprint density at radius 3 is 1.20 bits per heavy atom. The summed E-state index contributed by atoms with van der Waals surface area (Å²) in [6.07, 6.45) is 67.3. The SMILES string of the molecule is CCCCC/C=C\C/C=C\CCCCCCCCCC(=O)OCCCCCCCCCCCCCCCCCCCCCC(=O)NC(CO)C(O)/C=C/CCCCCCCCCCCC. The Hall–Kier alpha value is -1.92. The van der Waals surface area contributed by atoms with Gasteiger partial charge in [-0.25, -0.2) is 0 Å². The van der Waals surface area contributed by atoms with E-state index in [1.807, 2.05) is 6.08 Å². The van der Waals surface area contributed by atoms with Crippen LogP contribution in [0.15, 0.2) is 36.5 Å².